The second-order valence-corrected chi connectivity index (χ2v) is 5.31. The van der Waals surface area contributed by atoms with Crippen LogP contribution in [0.15, 0.2) is 30.3 Å². The highest BCUT2D eigenvalue weighted by molar-refractivity contribution is 5.81. The van der Waals surface area contributed by atoms with Crippen molar-refractivity contribution in [2.45, 2.75) is 46.1 Å². The lowest BCUT2D eigenvalue weighted by molar-refractivity contribution is 0.563. The monoisotopic (exact) mass is 258 g/mol. The van der Waals surface area contributed by atoms with E-state index in [1.54, 1.807) is 0 Å². The predicted octanol–water partition coefficient (Wildman–Crippen LogP) is 4.12. The van der Waals surface area contributed by atoms with E-state index in [0.717, 1.165) is 19.6 Å². The Balaban J connectivity index is 1.80. The van der Waals surface area contributed by atoms with Crippen LogP contribution < -0.4 is 5.32 Å². The van der Waals surface area contributed by atoms with E-state index in [1.165, 1.54) is 42.3 Å². The number of rotatable bonds is 8. The van der Waals surface area contributed by atoms with Gasteiger partial charge < -0.3 is 9.88 Å². The van der Waals surface area contributed by atoms with Crippen LogP contribution in [0.4, 0.5) is 0 Å². The lowest BCUT2D eigenvalue weighted by atomic mass is 10.2. The van der Waals surface area contributed by atoms with Crippen LogP contribution in [0.2, 0.25) is 0 Å². The van der Waals surface area contributed by atoms with Crippen molar-refractivity contribution in [3.63, 3.8) is 0 Å². The van der Waals surface area contributed by atoms with Gasteiger partial charge in [-0.25, -0.2) is 0 Å². The molecule has 1 aromatic carbocycles. The molecule has 0 saturated carbocycles. The average Bonchev–Trinajstić information content (AvgIpc) is 2.74. The van der Waals surface area contributed by atoms with Gasteiger partial charge in [0, 0.05) is 24.3 Å². The van der Waals surface area contributed by atoms with Crippen LogP contribution >= 0.6 is 0 Å². The number of aromatic nitrogens is 1. The van der Waals surface area contributed by atoms with Crippen LogP contribution in [-0.4, -0.2) is 17.7 Å². The van der Waals surface area contributed by atoms with Crippen molar-refractivity contribution in [2.24, 2.45) is 0 Å². The van der Waals surface area contributed by atoms with E-state index in [4.69, 9.17) is 0 Å². The van der Waals surface area contributed by atoms with Crippen molar-refractivity contribution in [1.29, 1.82) is 0 Å². The summed E-state index contributed by atoms with van der Waals surface area (Å²) in [4.78, 5) is 0. The minimum Gasteiger partial charge on any atom is -0.344 e. The summed E-state index contributed by atoms with van der Waals surface area (Å²) in [6.45, 7) is 7.73. The molecule has 0 spiro atoms. The molecule has 0 aliphatic rings. The Labute approximate surface area is 116 Å². The van der Waals surface area contributed by atoms with Crippen molar-refractivity contribution < 1.29 is 0 Å². The molecular weight excluding hydrogens is 232 g/mol. The zero-order valence-electron chi connectivity index (χ0n) is 12.3. The molecule has 2 rings (SSSR count). The molecule has 104 valence electrons. The summed E-state index contributed by atoms with van der Waals surface area (Å²) in [5.74, 6) is 0. The number of nitrogens with zero attached hydrogens (tertiary/aromatic N) is 1. The number of unbranched alkanes of at least 4 members (excludes halogenated alkanes) is 3. The first-order valence-electron chi connectivity index (χ1n) is 7.58. The molecule has 2 heteroatoms. The molecule has 1 aromatic heterocycles. The van der Waals surface area contributed by atoms with E-state index >= 15 is 0 Å². The van der Waals surface area contributed by atoms with Crippen LogP contribution in [0.1, 0.15) is 38.3 Å². The van der Waals surface area contributed by atoms with Crippen LogP contribution in [0.5, 0.6) is 0 Å². The molecule has 0 bridgehead atoms. The normalized spacial score (nSPS) is 11.3. The highest BCUT2D eigenvalue weighted by Crippen LogP contribution is 2.18. The topological polar surface area (TPSA) is 17.0 Å². The maximum atomic E-state index is 3.55. The van der Waals surface area contributed by atoms with Crippen LogP contribution in [0.25, 0.3) is 10.9 Å². The lowest BCUT2D eigenvalue weighted by Crippen LogP contribution is -2.21. The molecule has 2 nitrogen and oxygen atoms in total. The summed E-state index contributed by atoms with van der Waals surface area (Å²) >= 11 is 0. The van der Waals surface area contributed by atoms with E-state index < -0.39 is 0 Å². The van der Waals surface area contributed by atoms with E-state index in [9.17, 15) is 0 Å². The first-order chi connectivity index (χ1) is 9.33. The number of nitrogens with one attached hydrogen (secondary N) is 1. The number of fused-ring (bicyclic) bond motifs is 1. The predicted molar refractivity (Wildman–Crippen MR) is 83.7 cm³/mol. The summed E-state index contributed by atoms with van der Waals surface area (Å²) in [5.41, 5.74) is 2.71. The number of hydrogen-bond donors (Lipinski definition) is 1. The quantitative estimate of drug-likeness (QED) is 0.705. The van der Waals surface area contributed by atoms with Crippen molar-refractivity contribution in [3.05, 3.63) is 36.0 Å². The van der Waals surface area contributed by atoms with Gasteiger partial charge in [0.15, 0.2) is 0 Å². The Kier molecular flexibility index (Phi) is 5.46. The maximum absolute atomic E-state index is 3.55. The second kappa shape index (κ2) is 7.34. The first kappa shape index (κ1) is 14.1. The number of hydrogen-bond acceptors (Lipinski definition) is 1. The summed E-state index contributed by atoms with van der Waals surface area (Å²) in [6.07, 6.45) is 5.34. The van der Waals surface area contributed by atoms with Gasteiger partial charge in [-0.15, -0.1) is 0 Å². The standard InChI is InChI=1S/C17H26N2/c1-3-4-5-8-11-18-12-13-19-15(2)14-16-9-6-7-10-17(16)19/h6-7,9-10,14,18H,3-5,8,11-13H2,1-2H3. The first-order valence-corrected chi connectivity index (χ1v) is 7.58. The number of para-hydroxylation sites is 1. The molecule has 0 fully saturated rings. The van der Waals surface area contributed by atoms with Gasteiger partial charge in [0.1, 0.15) is 0 Å². The van der Waals surface area contributed by atoms with Gasteiger partial charge >= 0.3 is 0 Å². The zero-order chi connectivity index (χ0) is 13.5. The van der Waals surface area contributed by atoms with E-state index in [0.29, 0.717) is 0 Å². The lowest BCUT2D eigenvalue weighted by Gasteiger charge is -2.09. The van der Waals surface area contributed by atoms with Gasteiger partial charge in [-0.1, -0.05) is 44.4 Å². The Morgan fingerprint density at radius 1 is 1.05 bits per heavy atom. The van der Waals surface area contributed by atoms with Crippen LogP contribution in [0.3, 0.4) is 0 Å². The van der Waals surface area contributed by atoms with Crippen LogP contribution in [-0.2, 0) is 6.54 Å². The fraction of sp³-hybridized carbons (Fsp3) is 0.529. The van der Waals surface area contributed by atoms with E-state index in [2.05, 4.69) is 54.1 Å². The summed E-state index contributed by atoms with van der Waals surface area (Å²) in [5, 5.41) is 4.90. The fourth-order valence-electron chi connectivity index (χ4n) is 2.64. The molecule has 0 radical (unpaired) electrons. The van der Waals surface area contributed by atoms with Crippen molar-refractivity contribution in [2.75, 3.05) is 13.1 Å². The molecule has 0 atom stereocenters. The van der Waals surface area contributed by atoms with Crippen molar-refractivity contribution in [1.82, 2.24) is 9.88 Å². The molecule has 0 amide bonds. The van der Waals surface area contributed by atoms with Gasteiger partial charge in [-0.2, -0.15) is 0 Å². The largest absolute Gasteiger partial charge is 0.344 e. The summed E-state index contributed by atoms with van der Waals surface area (Å²) < 4.78 is 2.41. The van der Waals surface area contributed by atoms with Gasteiger partial charge in [-0.05, 0) is 37.4 Å². The summed E-state index contributed by atoms with van der Waals surface area (Å²) in [7, 11) is 0. The van der Waals surface area contributed by atoms with Crippen molar-refractivity contribution in [3.8, 4) is 0 Å². The SMILES string of the molecule is CCCCCCNCCn1c(C)cc2ccccc21. The van der Waals surface area contributed by atoms with Crippen molar-refractivity contribution >= 4 is 10.9 Å². The third-order valence-electron chi connectivity index (χ3n) is 3.74. The number of benzene rings is 1. The van der Waals surface area contributed by atoms with Gasteiger partial charge in [-0.3, -0.25) is 0 Å². The fourth-order valence-corrected chi connectivity index (χ4v) is 2.64. The molecule has 1 heterocycles. The Morgan fingerprint density at radius 3 is 2.74 bits per heavy atom. The molecule has 0 aliphatic carbocycles. The molecule has 1 N–H and O–H groups in total. The Hall–Kier alpha value is -1.28. The third-order valence-corrected chi connectivity index (χ3v) is 3.74. The highest BCUT2D eigenvalue weighted by Gasteiger charge is 2.03. The third kappa shape index (κ3) is 3.84. The zero-order valence-corrected chi connectivity index (χ0v) is 12.3. The second-order valence-electron chi connectivity index (χ2n) is 5.31. The Morgan fingerprint density at radius 2 is 1.89 bits per heavy atom. The minimum atomic E-state index is 1.06. The molecule has 0 aliphatic heterocycles. The van der Waals surface area contributed by atoms with Gasteiger partial charge in [0.05, 0.1) is 0 Å². The number of aryl methyl sites for hydroxylation is 1. The summed E-state index contributed by atoms with van der Waals surface area (Å²) in [6, 6.07) is 10.9. The molecular formula is C17H26N2. The van der Waals surface area contributed by atoms with E-state index in [1.807, 2.05) is 0 Å². The molecule has 0 unspecified atom stereocenters. The smallest absolute Gasteiger partial charge is 0.0482 e. The Bertz CT molecular complexity index is 499. The van der Waals surface area contributed by atoms with Crippen LogP contribution in [0, 0.1) is 6.92 Å². The van der Waals surface area contributed by atoms with Gasteiger partial charge in [0.2, 0.25) is 0 Å². The maximum Gasteiger partial charge on any atom is 0.0482 e. The van der Waals surface area contributed by atoms with Gasteiger partial charge in [0.25, 0.3) is 0 Å². The highest BCUT2D eigenvalue weighted by atomic mass is 15.0. The molecule has 19 heavy (non-hydrogen) atoms. The van der Waals surface area contributed by atoms with E-state index in [-0.39, 0.29) is 0 Å². The average molecular weight is 258 g/mol. The minimum absolute atomic E-state index is 1.06. The molecule has 2 aromatic rings. The molecule has 0 saturated heterocycles.